The lowest BCUT2D eigenvalue weighted by Gasteiger charge is -2.34. The number of hydrogen-bond acceptors (Lipinski definition) is 8. The van der Waals surface area contributed by atoms with Crippen LogP contribution in [0.15, 0.2) is 5.16 Å². The molecule has 1 aromatic rings. The molecule has 1 aliphatic rings. The molecule has 0 unspecified atom stereocenters. The number of aromatic nitrogens is 3. The molecular weight excluding hydrogens is 218 g/mol. The molecule has 8 heteroatoms. The summed E-state index contributed by atoms with van der Waals surface area (Å²) in [6.07, 6.45) is -0.284. The molecule has 0 saturated carbocycles. The first-order valence-corrected chi connectivity index (χ1v) is 5.50. The van der Waals surface area contributed by atoms with Gasteiger partial charge in [0.25, 0.3) is 0 Å². The number of hydrogen-bond donors (Lipinski definition) is 3. The van der Waals surface area contributed by atoms with Gasteiger partial charge >= 0.3 is 0 Å². The van der Waals surface area contributed by atoms with Gasteiger partial charge in [0.2, 0.25) is 5.16 Å². The van der Waals surface area contributed by atoms with Gasteiger partial charge in [-0.3, -0.25) is 0 Å². The van der Waals surface area contributed by atoms with Crippen molar-refractivity contribution >= 4 is 23.4 Å². The molecule has 15 heavy (non-hydrogen) atoms. The molecular formula is C7H11N5O2S. The van der Waals surface area contributed by atoms with Crippen LogP contribution in [0.3, 0.4) is 0 Å². The summed E-state index contributed by atoms with van der Waals surface area (Å²) in [5, 5.41) is 29.8. The summed E-state index contributed by atoms with van der Waals surface area (Å²) in [6, 6.07) is 0. The van der Waals surface area contributed by atoms with Crippen molar-refractivity contribution in [3.8, 4) is 0 Å². The molecule has 2 atom stereocenters. The van der Waals surface area contributed by atoms with Crippen LogP contribution in [0.5, 0.6) is 0 Å². The highest BCUT2D eigenvalue weighted by Gasteiger charge is 2.31. The minimum absolute atomic E-state index is 0.369. The Hall–Kier alpha value is -1.12. The summed E-state index contributed by atoms with van der Waals surface area (Å²) >= 11 is 1.36. The minimum atomic E-state index is -1.08. The van der Waals surface area contributed by atoms with Gasteiger partial charge < -0.3 is 20.4 Å². The van der Waals surface area contributed by atoms with Gasteiger partial charge in [0.1, 0.15) is 0 Å². The largest absolute Gasteiger partial charge is 0.369 e. The monoisotopic (exact) mass is 229 g/mol. The molecule has 0 aliphatic carbocycles. The van der Waals surface area contributed by atoms with E-state index in [1.54, 1.807) is 7.05 Å². The number of likely N-dealkylation sites (N-methyl/N-ethyl adjacent to an activating group) is 1. The Bertz CT molecular complexity index is 376. The lowest BCUT2D eigenvalue weighted by atomic mass is 10.3. The molecule has 1 aromatic heterocycles. The van der Waals surface area contributed by atoms with Gasteiger partial charge in [0, 0.05) is 7.05 Å². The van der Waals surface area contributed by atoms with Crippen molar-refractivity contribution in [2.45, 2.75) is 17.6 Å². The third-order valence-corrected chi connectivity index (χ3v) is 2.67. The smallest absolute Gasteiger partial charge is 0.210 e. The number of rotatable bonds is 1. The zero-order valence-corrected chi connectivity index (χ0v) is 9.06. The number of aliphatic hydroxyl groups is 2. The second-order valence-corrected chi connectivity index (χ2v) is 3.86. The van der Waals surface area contributed by atoms with Gasteiger partial charge in [0.05, 0.1) is 0 Å². The quantitative estimate of drug-likeness (QED) is 0.533. The van der Waals surface area contributed by atoms with E-state index in [1.165, 1.54) is 16.7 Å². The minimum Gasteiger partial charge on any atom is -0.369 e. The lowest BCUT2D eigenvalue weighted by Crippen LogP contribution is -2.49. The van der Waals surface area contributed by atoms with Gasteiger partial charge in [-0.15, -0.1) is 10.2 Å². The lowest BCUT2D eigenvalue weighted by molar-refractivity contribution is 0.0334. The summed E-state index contributed by atoms with van der Waals surface area (Å²) in [5.41, 5.74) is 0. The number of nitrogens with one attached hydrogen (secondary N) is 1. The molecule has 0 spiro atoms. The Morgan fingerprint density at radius 1 is 1.40 bits per heavy atom. The van der Waals surface area contributed by atoms with E-state index in [0.29, 0.717) is 16.8 Å². The standard InChI is InChI=1S/C7H11N5O2S/c1-12-4-3(8-5(13)6(12)14)10-11-7(9-4)15-2/h5-6,13-14H,1-2H3,(H,8,10)/t5-,6-/m0/s1. The Morgan fingerprint density at radius 2 is 2.13 bits per heavy atom. The van der Waals surface area contributed by atoms with Crippen molar-refractivity contribution in [1.29, 1.82) is 0 Å². The molecule has 82 valence electrons. The zero-order valence-electron chi connectivity index (χ0n) is 8.25. The first-order chi connectivity index (χ1) is 7.13. The molecule has 7 nitrogen and oxygen atoms in total. The number of nitrogens with zero attached hydrogens (tertiary/aromatic N) is 4. The van der Waals surface area contributed by atoms with Crippen molar-refractivity contribution in [2.75, 3.05) is 23.5 Å². The SMILES string of the molecule is CSc1nnc2c(n1)N(C)[C@@H](O)[C@H](O)N2. The molecule has 2 heterocycles. The van der Waals surface area contributed by atoms with Crippen LogP contribution in [0.4, 0.5) is 11.6 Å². The van der Waals surface area contributed by atoms with Crippen molar-refractivity contribution in [1.82, 2.24) is 15.2 Å². The van der Waals surface area contributed by atoms with E-state index in [0.717, 1.165) is 0 Å². The Morgan fingerprint density at radius 3 is 2.80 bits per heavy atom. The average Bonchev–Trinajstić information content (AvgIpc) is 2.26. The third-order valence-electron chi connectivity index (χ3n) is 2.13. The Labute approximate surface area is 90.5 Å². The summed E-state index contributed by atoms with van der Waals surface area (Å²) in [5.74, 6) is 0.847. The number of thioether (sulfide) groups is 1. The van der Waals surface area contributed by atoms with E-state index < -0.39 is 12.5 Å². The number of aliphatic hydroxyl groups excluding tert-OH is 2. The Balaban J connectivity index is 2.42. The van der Waals surface area contributed by atoms with Crippen LogP contribution in [0.2, 0.25) is 0 Å². The van der Waals surface area contributed by atoms with Crippen LogP contribution in [-0.4, -0.2) is 51.2 Å². The predicted molar refractivity (Wildman–Crippen MR) is 55.6 cm³/mol. The first kappa shape index (κ1) is 10.4. The van der Waals surface area contributed by atoms with Gasteiger partial charge in [-0.05, 0) is 6.26 Å². The third kappa shape index (κ3) is 1.71. The van der Waals surface area contributed by atoms with Crippen LogP contribution in [0.1, 0.15) is 0 Å². The summed E-state index contributed by atoms with van der Waals surface area (Å²) in [6.45, 7) is 0. The highest BCUT2D eigenvalue weighted by atomic mass is 32.2. The maximum Gasteiger partial charge on any atom is 0.210 e. The fraction of sp³-hybridized carbons (Fsp3) is 0.571. The van der Waals surface area contributed by atoms with Crippen LogP contribution in [0, 0.1) is 0 Å². The Kier molecular flexibility index (Phi) is 2.63. The van der Waals surface area contributed by atoms with E-state index in [1.807, 2.05) is 6.26 Å². The summed E-state index contributed by atoms with van der Waals surface area (Å²) in [7, 11) is 1.63. The molecule has 0 fully saturated rings. The molecule has 0 bridgehead atoms. The van der Waals surface area contributed by atoms with E-state index in [-0.39, 0.29) is 0 Å². The number of anilines is 2. The normalized spacial score (nSPS) is 24.7. The average molecular weight is 229 g/mol. The van der Waals surface area contributed by atoms with Gasteiger partial charge in [-0.2, -0.15) is 4.98 Å². The molecule has 3 N–H and O–H groups in total. The highest BCUT2D eigenvalue weighted by Crippen LogP contribution is 2.28. The predicted octanol–water partition coefficient (Wildman–Crippen LogP) is -0.908. The second kappa shape index (κ2) is 3.80. The molecule has 0 aromatic carbocycles. The van der Waals surface area contributed by atoms with Gasteiger partial charge in [0.15, 0.2) is 24.1 Å². The van der Waals surface area contributed by atoms with Crippen LogP contribution in [0.25, 0.3) is 0 Å². The van der Waals surface area contributed by atoms with E-state index in [4.69, 9.17) is 0 Å². The molecule has 0 radical (unpaired) electrons. The number of fused-ring (bicyclic) bond motifs is 1. The fourth-order valence-corrected chi connectivity index (χ4v) is 1.58. The van der Waals surface area contributed by atoms with Crippen LogP contribution in [-0.2, 0) is 0 Å². The van der Waals surface area contributed by atoms with Crippen LogP contribution < -0.4 is 10.2 Å². The van der Waals surface area contributed by atoms with E-state index >= 15 is 0 Å². The maximum absolute atomic E-state index is 9.58. The van der Waals surface area contributed by atoms with Crippen LogP contribution >= 0.6 is 11.8 Å². The van der Waals surface area contributed by atoms with Crippen molar-refractivity contribution in [3.63, 3.8) is 0 Å². The maximum atomic E-state index is 9.58. The molecule has 0 amide bonds. The summed E-state index contributed by atoms with van der Waals surface area (Å²) in [4.78, 5) is 5.63. The van der Waals surface area contributed by atoms with Gasteiger partial charge in [-0.25, -0.2) is 0 Å². The highest BCUT2D eigenvalue weighted by molar-refractivity contribution is 7.98. The molecule has 1 aliphatic heterocycles. The molecule has 2 rings (SSSR count). The summed E-state index contributed by atoms with van der Waals surface area (Å²) < 4.78 is 0. The topological polar surface area (TPSA) is 94.4 Å². The van der Waals surface area contributed by atoms with E-state index in [2.05, 4.69) is 20.5 Å². The second-order valence-electron chi connectivity index (χ2n) is 3.08. The first-order valence-electron chi connectivity index (χ1n) is 4.27. The zero-order chi connectivity index (χ0) is 11.0. The fourth-order valence-electron chi connectivity index (χ4n) is 1.28. The van der Waals surface area contributed by atoms with Crippen molar-refractivity contribution in [3.05, 3.63) is 0 Å². The van der Waals surface area contributed by atoms with Crippen molar-refractivity contribution in [2.24, 2.45) is 0 Å². The van der Waals surface area contributed by atoms with E-state index in [9.17, 15) is 10.2 Å². The van der Waals surface area contributed by atoms with Crippen molar-refractivity contribution < 1.29 is 10.2 Å². The van der Waals surface area contributed by atoms with Gasteiger partial charge in [-0.1, -0.05) is 11.8 Å². The molecule has 0 saturated heterocycles.